The van der Waals surface area contributed by atoms with Gasteiger partial charge >= 0.3 is 5.97 Å². The molecule has 0 aliphatic rings. The Morgan fingerprint density at radius 3 is 2.78 bits per heavy atom. The van der Waals surface area contributed by atoms with Gasteiger partial charge in [-0.1, -0.05) is 29.1 Å². The molecule has 1 N–H and O–H groups in total. The molecular weight excluding hydrogens is 330 g/mol. The number of nitrogens with one attached hydrogen (secondary N) is 1. The minimum absolute atomic E-state index is 0.0268. The molecule has 9 heteroatoms. The van der Waals surface area contributed by atoms with Crippen LogP contribution in [0.15, 0.2) is 39.8 Å². The van der Waals surface area contributed by atoms with Crippen molar-refractivity contribution in [3.05, 3.63) is 41.6 Å². The number of hydrogen-bond donors (Lipinski definition) is 1. The van der Waals surface area contributed by atoms with Crippen molar-refractivity contribution in [3.8, 4) is 0 Å². The smallest absolute Gasteiger partial charge is 0.339 e. The molecule has 0 spiro atoms. The number of aromatic nitrogens is 1. The van der Waals surface area contributed by atoms with Crippen molar-refractivity contribution < 1.29 is 27.6 Å². The summed E-state index contributed by atoms with van der Waals surface area (Å²) >= 11 is 0.235. The second kappa shape index (κ2) is 7.73. The Labute approximate surface area is 134 Å². The molecule has 122 valence electrons. The summed E-state index contributed by atoms with van der Waals surface area (Å²) in [5.41, 5.74) is 0.552. The fourth-order valence-electron chi connectivity index (χ4n) is 1.64. The Morgan fingerprint density at radius 1 is 1.39 bits per heavy atom. The molecule has 0 fully saturated rings. The van der Waals surface area contributed by atoms with Gasteiger partial charge in [0.05, 0.1) is 11.3 Å². The summed E-state index contributed by atoms with van der Waals surface area (Å²) in [6.07, 6.45) is 0. The quantitative estimate of drug-likeness (QED) is 0.642. The lowest BCUT2D eigenvalue weighted by Crippen LogP contribution is -2.21. The van der Waals surface area contributed by atoms with E-state index in [0.29, 0.717) is 5.69 Å². The number of carbonyl (C=O) groups is 2. The molecule has 2 rings (SSSR count). The summed E-state index contributed by atoms with van der Waals surface area (Å²) in [6, 6.07) is 7.27. The summed E-state index contributed by atoms with van der Waals surface area (Å²) in [5, 5.41) is 5.93. The lowest BCUT2D eigenvalue weighted by atomic mass is 10.2. The molecule has 1 aromatic carbocycles. The number of anilines is 1. The minimum atomic E-state index is -2.66. The summed E-state index contributed by atoms with van der Waals surface area (Å²) in [7, 11) is 0. The van der Waals surface area contributed by atoms with Crippen molar-refractivity contribution >= 4 is 29.5 Å². The van der Waals surface area contributed by atoms with Gasteiger partial charge in [-0.05, 0) is 19.1 Å². The van der Waals surface area contributed by atoms with Gasteiger partial charge in [0.25, 0.3) is 11.7 Å². The third kappa shape index (κ3) is 5.06. The second-order valence-electron chi connectivity index (χ2n) is 4.33. The predicted octanol–water partition coefficient (Wildman–Crippen LogP) is 3.09. The standard InChI is InChI=1S/C14H12F2N2O4S/c1-8-6-12(22-18-8)17-11(19)7-21-13(20)9-4-2-3-5-10(9)23-14(15)16/h2-6,14H,7H2,1H3,(H,17,19). The van der Waals surface area contributed by atoms with E-state index >= 15 is 0 Å². The van der Waals surface area contributed by atoms with E-state index in [9.17, 15) is 18.4 Å². The molecule has 1 heterocycles. The molecule has 23 heavy (non-hydrogen) atoms. The molecule has 0 saturated carbocycles. The Kier molecular flexibility index (Phi) is 5.69. The fraction of sp³-hybridized carbons (Fsp3) is 0.214. The summed E-state index contributed by atoms with van der Waals surface area (Å²) in [5.74, 6) is -4.04. The van der Waals surface area contributed by atoms with Crippen molar-refractivity contribution in [2.45, 2.75) is 17.6 Å². The Hall–Kier alpha value is -2.42. The monoisotopic (exact) mass is 342 g/mol. The number of rotatable bonds is 6. The van der Waals surface area contributed by atoms with Crippen LogP contribution >= 0.6 is 11.8 Å². The van der Waals surface area contributed by atoms with Gasteiger partial charge in [0.1, 0.15) is 0 Å². The van der Waals surface area contributed by atoms with Crippen LogP contribution in [0.3, 0.4) is 0 Å². The second-order valence-corrected chi connectivity index (χ2v) is 5.36. The van der Waals surface area contributed by atoms with E-state index in [2.05, 4.69) is 10.5 Å². The highest BCUT2D eigenvalue weighted by Crippen LogP contribution is 2.28. The molecule has 1 aromatic heterocycles. The first-order valence-electron chi connectivity index (χ1n) is 6.40. The first-order valence-corrected chi connectivity index (χ1v) is 7.28. The van der Waals surface area contributed by atoms with Gasteiger partial charge in [-0.2, -0.15) is 8.78 Å². The van der Waals surface area contributed by atoms with Crippen LogP contribution in [-0.4, -0.2) is 29.4 Å². The number of nitrogens with zero attached hydrogens (tertiary/aromatic N) is 1. The highest BCUT2D eigenvalue weighted by Gasteiger charge is 2.17. The lowest BCUT2D eigenvalue weighted by molar-refractivity contribution is -0.119. The van der Waals surface area contributed by atoms with Crippen LogP contribution in [0.25, 0.3) is 0 Å². The Balaban J connectivity index is 1.93. The highest BCUT2D eigenvalue weighted by molar-refractivity contribution is 7.99. The van der Waals surface area contributed by atoms with Crippen LogP contribution in [0.4, 0.5) is 14.7 Å². The molecule has 0 bridgehead atoms. The molecule has 0 unspecified atom stereocenters. The predicted molar refractivity (Wildman–Crippen MR) is 78.5 cm³/mol. The number of aryl methyl sites for hydroxylation is 1. The molecule has 2 aromatic rings. The molecule has 0 radical (unpaired) electrons. The molecule has 0 atom stereocenters. The zero-order chi connectivity index (χ0) is 16.8. The third-order valence-electron chi connectivity index (χ3n) is 2.55. The van der Waals surface area contributed by atoms with Crippen LogP contribution < -0.4 is 5.32 Å². The number of ether oxygens (including phenoxy) is 1. The third-order valence-corrected chi connectivity index (χ3v) is 3.34. The largest absolute Gasteiger partial charge is 0.452 e. The van der Waals surface area contributed by atoms with E-state index in [1.54, 1.807) is 6.92 Å². The SMILES string of the molecule is Cc1cc(NC(=O)COC(=O)c2ccccc2SC(F)F)on1. The van der Waals surface area contributed by atoms with Gasteiger partial charge < -0.3 is 9.26 Å². The maximum absolute atomic E-state index is 12.5. The van der Waals surface area contributed by atoms with E-state index < -0.39 is 24.2 Å². The van der Waals surface area contributed by atoms with Gasteiger partial charge in [-0.3, -0.25) is 10.1 Å². The number of thioether (sulfide) groups is 1. The maximum Gasteiger partial charge on any atom is 0.339 e. The normalized spacial score (nSPS) is 10.6. The van der Waals surface area contributed by atoms with Crippen molar-refractivity contribution in [1.29, 1.82) is 0 Å². The van der Waals surface area contributed by atoms with Crippen molar-refractivity contribution in [2.75, 3.05) is 11.9 Å². The molecule has 6 nitrogen and oxygen atoms in total. The van der Waals surface area contributed by atoms with Crippen LogP contribution in [-0.2, 0) is 9.53 Å². The topological polar surface area (TPSA) is 81.4 Å². The fourth-order valence-corrected chi connectivity index (χ4v) is 2.27. The number of halogens is 2. The minimum Gasteiger partial charge on any atom is -0.452 e. The van der Waals surface area contributed by atoms with Crippen LogP contribution in [0, 0.1) is 6.92 Å². The van der Waals surface area contributed by atoms with Crippen molar-refractivity contribution in [3.63, 3.8) is 0 Å². The average molecular weight is 342 g/mol. The summed E-state index contributed by atoms with van der Waals surface area (Å²) < 4.78 is 34.5. The van der Waals surface area contributed by atoms with Crippen LogP contribution in [0.1, 0.15) is 16.1 Å². The van der Waals surface area contributed by atoms with E-state index in [-0.39, 0.29) is 28.1 Å². The molecule has 0 aliphatic carbocycles. The van der Waals surface area contributed by atoms with Gasteiger partial charge in [-0.15, -0.1) is 0 Å². The number of benzene rings is 1. The van der Waals surface area contributed by atoms with Crippen molar-refractivity contribution in [2.24, 2.45) is 0 Å². The average Bonchev–Trinajstić information content (AvgIpc) is 2.90. The Bertz CT molecular complexity index is 706. The van der Waals surface area contributed by atoms with E-state index in [0.717, 1.165) is 0 Å². The molecular formula is C14H12F2N2O4S. The number of alkyl halides is 2. The number of amides is 1. The maximum atomic E-state index is 12.5. The summed E-state index contributed by atoms with van der Waals surface area (Å²) in [6.45, 7) is 1.10. The lowest BCUT2D eigenvalue weighted by Gasteiger charge is -2.08. The van der Waals surface area contributed by atoms with Gasteiger partial charge in [0.2, 0.25) is 5.88 Å². The van der Waals surface area contributed by atoms with E-state index in [4.69, 9.17) is 9.26 Å². The molecule has 0 saturated heterocycles. The van der Waals surface area contributed by atoms with Gasteiger partial charge in [0, 0.05) is 11.0 Å². The zero-order valence-corrected chi connectivity index (χ0v) is 12.7. The van der Waals surface area contributed by atoms with Gasteiger partial charge in [-0.25, -0.2) is 4.79 Å². The zero-order valence-electron chi connectivity index (χ0n) is 11.9. The number of hydrogen-bond acceptors (Lipinski definition) is 6. The van der Waals surface area contributed by atoms with Crippen LogP contribution in [0.5, 0.6) is 0 Å². The van der Waals surface area contributed by atoms with Crippen molar-refractivity contribution in [1.82, 2.24) is 5.16 Å². The summed E-state index contributed by atoms with van der Waals surface area (Å²) in [4.78, 5) is 23.6. The Morgan fingerprint density at radius 2 is 2.13 bits per heavy atom. The highest BCUT2D eigenvalue weighted by atomic mass is 32.2. The van der Waals surface area contributed by atoms with E-state index in [1.165, 1.54) is 30.3 Å². The molecule has 1 amide bonds. The van der Waals surface area contributed by atoms with E-state index in [1.807, 2.05) is 0 Å². The van der Waals surface area contributed by atoms with Crippen LogP contribution in [0.2, 0.25) is 0 Å². The number of carbonyl (C=O) groups excluding carboxylic acids is 2. The number of esters is 1. The van der Waals surface area contributed by atoms with Gasteiger partial charge in [0.15, 0.2) is 6.61 Å². The first kappa shape index (κ1) is 16.9. The molecule has 0 aliphatic heterocycles. The first-order chi connectivity index (χ1) is 11.0.